The first-order valence-electron chi connectivity index (χ1n) is 5.55. The van der Waals surface area contributed by atoms with Crippen molar-refractivity contribution in [3.8, 4) is 5.75 Å². The van der Waals surface area contributed by atoms with Gasteiger partial charge in [-0.1, -0.05) is 18.2 Å². The molecule has 94 valence electrons. The van der Waals surface area contributed by atoms with Crippen molar-refractivity contribution in [2.45, 2.75) is 13.2 Å². The van der Waals surface area contributed by atoms with Crippen LogP contribution >= 0.6 is 0 Å². The van der Waals surface area contributed by atoms with E-state index >= 15 is 0 Å². The van der Waals surface area contributed by atoms with Gasteiger partial charge in [0.25, 0.3) is 0 Å². The molecule has 0 saturated heterocycles. The highest BCUT2D eigenvalue weighted by molar-refractivity contribution is 5.46. The summed E-state index contributed by atoms with van der Waals surface area (Å²) in [7, 11) is 0. The van der Waals surface area contributed by atoms with E-state index in [2.05, 4.69) is 0 Å². The molecule has 0 heterocycles. The summed E-state index contributed by atoms with van der Waals surface area (Å²) >= 11 is 0. The highest BCUT2D eigenvalue weighted by Gasteiger charge is 2.02. The molecule has 3 N–H and O–H groups in total. The number of ether oxygens (including phenoxy) is 1. The Labute approximate surface area is 105 Å². The number of aliphatic hydroxyl groups excluding tert-OH is 1. The van der Waals surface area contributed by atoms with Gasteiger partial charge < -0.3 is 15.6 Å². The molecule has 3 nitrogen and oxygen atoms in total. The average molecular weight is 247 g/mol. The molecule has 0 aliphatic rings. The van der Waals surface area contributed by atoms with Crippen molar-refractivity contribution < 1.29 is 14.2 Å². The second kappa shape index (κ2) is 5.51. The second-order valence-electron chi connectivity index (χ2n) is 3.93. The van der Waals surface area contributed by atoms with E-state index in [1.54, 1.807) is 30.3 Å². The molecule has 0 bridgehead atoms. The molecule has 2 aromatic carbocycles. The summed E-state index contributed by atoms with van der Waals surface area (Å²) in [5.41, 5.74) is 7.62. The van der Waals surface area contributed by atoms with Gasteiger partial charge in [-0.15, -0.1) is 0 Å². The van der Waals surface area contributed by atoms with E-state index in [0.717, 1.165) is 11.1 Å². The van der Waals surface area contributed by atoms with Crippen molar-refractivity contribution in [1.82, 2.24) is 0 Å². The molecule has 4 heteroatoms. The van der Waals surface area contributed by atoms with Crippen LogP contribution in [0.2, 0.25) is 0 Å². The van der Waals surface area contributed by atoms with Gasteiger partial charge in [-0.3, -0.25) is 0 Å². The van der Waals surface area contributed by atoms with Crippen LogP contribution in [-0.2, 0) is 13.2 Å². The molecule has 0 saturated carbocycles. The molecule has 0 amide bonds. The molecule has 2 rings (SSSR count). The SMILES string of the molecule is Nc1cc(F)ccc1COc1ccc(CO)cc1. The van der Waals surface area contributed by atoms with Crippen molar-refractivity contribution in [1.29, 1.82) is 0 Å². The van der Waals surface area contributed by atoms with Crippen molar-refractivity contribution >= 4 is 5.69 Å². The van der Waals surface area contributed by atoms with E-state index in [0.29, 0.717) is 11.4 Å². The van der Waals surface area contributed by atoms with Gasteiger partial charge in [-0.2, -0.15) is 0 Å². The smallest absolute Gasteiger partial charge is 0.125 e. The van der Waals surface area contributed by atoms with Crippen LogP contribution < -0.4 is 10.5 Å². The third-order valence-electron chi connectivity index (χ3n) is 2.61. The topological polar surface area (TPSA) is 55.5 Å². The molecule has 0 unspecified atom stereocenters. The van der Waals surface area contributed by atoms with Gasteiger partial charge in [0, 0.05) is 11.3 Å². The summed E-state index contributed by atoms with van der Waals surface area (Å²) in [5, 5.41) is 8.91. The largest absolute Gasteiger partial charge is 0.489 e. The lowest BCUT2D eigenvalue weighted by Crippen LogP contribution is -2.00. The van der Waals surface area contributed by atoms with Crippen LogP contribution in [0, 0.1) is 5.82 Å². The molecular formula is C14H14FNO2. The van der Waals surface area contributed by atoms with Gasteiger partial charge in [-0.05, 0) is 29.8 Å². The molecule has 0 atom stereocenters. The molecule has 18 heavy (non-hydrogen) atoms. The minimum absolute atomic E-state index is 0.00515. The van der Waals surface area contributed by atoms with Gasteiger partial charge >= 0.3 is 0 Å². The number of hydrogen-bond donors (Lipinski definition) is 2. The zero-order chi connectivity index (χ0) is 13.0. The summed E-state index contributed by atoms with van der Waals surface area (Å²) in [4.78, 5) is 0. The van der Waals surface area contributed by atoms with E-state index in [1.165, 1.54) is 12.1 Å². The highest BCUT2D eigenvalue weighted by Crippen LogP contribution is 2.18. The number of nitrogen functional groups attached to an aromatic ring is 1. The number of hydrogen-bond acceptors (Lipinski definition) is 3. The number of aliphatic hydroxyl groups is 1. The van der Waals surface area contributed by atoms with E-state index in [9.17, 15) is 4.39 Å². The zero-order valence-corrected chi connectivity index (χ0v) is 9.77. The van der Waals surface area contributed by atoms with E-state index in [-0.39, 0.29) is 19.0 Å². The molecule has 0 aliphatic heterocycles. The highest BCUT2D eigenvalue weighted by atomic mass is 19.1. The molecule has 0 aromatic heterocycles. The second-order valence-corrected chi connectivity index (χ2v) is 3.93. The monoisotopic (exact) mass is 247 g/mol. The first kappa shape index (κ1) is 12.4. The summed E-state index contributed by atoms with van der Waals surface area (Å²) < 4.78 is 18.4. The van der Waals surface area contributed by atoms with Crippen molar-refractivity contribution in [3.63, 3.8) is 0 Å². The fourth-order valence-corrected chi connectivity index (χ4v) is 1.55. The Bertz CT molecular complexity index is 526. The molecule has 0 fully saturated rings. The Morgan fingerprint density at radius 1 is 1.11 bits per heavy atom. The fourth-order valence-electron chi connectivity index (χ4n) is 1.55. The third-order valence-corrected chi connectivity index (χ3v) is 2.61. The third kappa shape index (κ3) is 2.99. The van der Waals surface area contributed by atoms with Crippen molar-refractivity contribution in [2.75, 3.05) is 5.73 Å². The van der Waals surface area contributed by atoms with E-state index in [1.807, 2.05) is 0 Å². The van der Waals surface area contributed by atoms with Crippen molar-refractivity contribution in [2.24, 2.45) is 0 Å². The van der Waals surface area contributed by atoms with Gasteiger partial charge in [0.15, 0.2) is 0 Å². The van der Waals surface area contributed by atoms with Crippen LogP contribution in [0.5, 0.6) is 5.75 Å². The fraction of sp³-hybridized carbons (Fsp3) is 0.143. The van der Waals surface area contributed by atoms with Crippen LogP contribution in [0.4, 0.5) is 10.1 Å². The minimum Gasteiger partial charge on any atom is -0.489 e. The Morgan fingerprint density at radius 3 is 2.44 bits per heavy atom. The lowest BCUT2D eigenvalue weighted by Gasteiger charge is -2.09. The average Bonchev–Trinajstić information content (AvgIpc) is 2.38. The van der Waals surface area contributed by atoms with Crippen LogP contribution in [0.15, 0.2) is 42.5 Å². The lowest BCUT2D eigenvalue weighted by atomic mass is 10.2. The first-order chi connectivity index (χ1) is 8.69. The molecular weight excluding hydrogens is 233 g/mol. The summed E-state index contributed by atoms with van der Waals surface area (Å²) in [6.07, 6.45) is 0. The molecule has 0 spiro atoms. The van der Waals surface area contributed by atoms with E-state index in [4.69, 9.17) is 15.6 Å². The number of nitrogens with two attached hydrogens (primary N) is 1. The predicted octanol–water partition coefficient (Wildman–Crippen LogP) is 2.48. The maximum absolute atomic E-state index is 12.8. The number of rotatable bonds is 4. The van der Waals surface area contributed by atoms with Crippen molar-refractivity contribution in [3.05, 3.63) is 59.4 Å². The number of benzene rings is 2. The Balaban J connectivity index is 2.02. The minimum atomic E-state index is -0.358. The van der Waals surface area contributed by atoms with Crippen LogP contribution in [0.25, 0.3) is 0 Å². The standard InChI is InChI=1S/C14H14FNO2/c15-12-4-3-11(14(16)7-12)9-18-13-5-1-10(8-17)2-6-13/h1-7,17H,8-9,16H2. The van der Waals surface area contributed by atoms with Gasteiger partial charge in [0.05, 0.1) is 6.61 Å². The quantitative estimate of drug-likeness (QED) is 0.816. The molecule has 2 aromatic rings. The summed E-state index contributed by atoms with van der Waals surface area (Å²) in [6, 6.07) is 11.3. The Morgan fingerprint density at radius 2 is 1.83 bits per heavy atom. The van der Waals surface area contributed by atoms with Gasteiger partial charge in [-0.25, -0.2) is 4.39 Å². The lowest BCUT2D eigenvalue weighted by molar-refractivity contribution is 0.281. The summed E-state index contributed by atoms with van der Waals surface area (Å²) in [5.74, 6) is 0.319. The van der Waals surface area contributed by atoms with E-state index < -0.39 is 0 Å². The number of anilines is 1. The maximum Gasteiger partial charge on any atom is 0.125 e. The van der Waals surface area contributed by atoms with Crippen LogP contribution in [0.1, 0.15) is 11.1 Å². The molecule has 0 radical (unpaired) electrons. The first-order valence-corrected chi connectivity index (χ1v) is 5.55. The predicted molar refractivity (Wildman–Crippen MR) is 67.5 cm³/mol. The maximum atomic E-state index is 12.8. The van der Waals surface area contributed by atoms with Gasteiger partial charge in [0.2, 0.25) is 0 Å². The van der Waals surface area contributed by atoms with Crippen LogP contribution in [-0.4, -0.2) is 5.11 Å². The number of halogens is 1. The Hall–Kier alpha value is -2.07. The zero-order valence-electron chi connectivity index (χ0n) is 9.77. The van der Waals surface area contributed by atoms with Gasteiger partial charge in [0.1, 0.15) is 18.2 Å². The summed E-state index contributed by atoms with van der Waals surface area (Å²) in [6.45, 7) is 0.287. The van der Waals surface area contributed by atoms with Crippen LogP contribution in [0.3, 0.4) is 0 Å². The normalized spacial score (nSPS) is 10.3. The molecule has 0 aliphatic carbocycles. The Kier molecular flexibility index (Phi) is 3.79.